The number of halogens is 3. The zero-order valence-electron chi connectivity index (χ0n) is 9.64. The van der Waals surface area contributed by atoms with Crippen molar-refractivity contribution in [3.63, 3.8) is 0 Å². The normalized spacial score (nSPS) is 31.3. The van der Waals surface area contributed by atoms with Crippen LogP contribution < -0.4 is 5.32 Å². The third-order valence-corrected chi connectivity index (χ3v) is 3.11. The van der Waals surface area contributed by atoms with Gasteiger partial charge in [0.05, 0.1) is 6.54 Å². The summed E-state index contributed by atoms with van der Waals surface area (Å²) in [7, 11) is 1.50. The fourth-order valence-corrected chi connectivity index (χ4v) is 2.32. The molecule has 2 unspecified atom stereocenters. The minimum atomic E-state index is -4.10. The molecule has 2 nitrogen and oxygen atoms in total. The summed E-state index contributed by atoms with van der Waals surface area (Å²) < 4.78 is 36.2. The number of nitrogens with zero attached hydrogens (tertiary/aromatic N) is 1. The van der Waals surface area contributed by atoms with Crippen LogP contribution in [-0.4, -0.2) is 48.5 Å². The molecule has 1 aliphatic rings. The maximum Gasteiger partial charge on any atom is 0.401 e. The molecule has 1 N–H and O–H groups in total. The Balaban J connectivity index is 2.20. The zero-order valence-corrected chi connectivity index (χ0v) is 10.5. The summed E-state index contributed by atoms with van der Waals surface area (Å²) in [5.74, 6) is 0. The molecule has 16 heavy (non-hydrogen) atoms. The van der Waals surface area contributed by atoms with E-state index in [0.717, 1.165) is 19.4 Å². The number of thiol groups is 1. The molecule has 0 aromatic carbocycles. The molecule has 0 spiro atoms. The van der Waals surface area contributed by atoms with Crippen molar-refractivity contribution in [2.24, 2.45) is 0 Å². The number of hydrogen-bond donors (Lipinski definition) is 2. The highest BCUT2D eigenvalue weighted by Crippen LogP contribution is 2.26. The van der Waals surface area contributed by atoms with E-state index in [-0.39, 0.29) is 10.8 Å². The van der Waals surface area contributed by atoms with E-state index in [2.05, 4.69) is 17.9 Å². The average Bonchev–Trinajstić information content (AvgIpc) is 2.39. The van der Waals surface area contributed by atoms with E-state index in [1.54, 1.807) is 0 Å². The molecule has 1 heterocycles. The van der Waals surface area contributed by atoms with Gasteiger partial charge in [-0.05, 0) is 33.4 Å². The Morgan fingerprint density at radius 1 is 1.50 bits per heavy atom. The van der Waals surface area contributed by atoms with Crippen LogP contribution in [-0.2, 0) is 0 Å². The lowest BCUT2D eigenvalue weighted by atomic mass is 10.0. The fraction of sp³-hybridized carbons (Fsp3) is 1.00. The van der Waals surface area contributed by atoms with E-state index in [1.807, 2.05) is 6.92 Å². The largest absolute Gasteiger partial charge is 0.401 e. The van der Waals surface area contributed by atoms with Crippen LogP contribution in [0.15, 0.2) is 0 Å². The molecular weight excluding hydrogens is 237 g/mol. The van der Waals surface area contributed by atoms with Gasteiger partial charge >= 0.3 is 6.18 Å². The third kappa shape index (κ3) is 5.41. The van der Waals surface area contributed by atoms with Gasteiger partial charge < -0.3 is 5.32 Å². The molecule has 1 rings (SSSR count). The molecule has 6 heteroatoms. The van der Waals surface area contributed by atoms with E-state index < -0.39 is 12.7 Å². The number of alkyl halides is 3. The highest BCUT2D eigenvalue weighted by atomic mass is 32.1. The molecular formula is C10H19F3N2S. The molecule has 96 valence electrons. The summed E-state index contributed by atoms with van der Waals surface area (Å²) >= 11 is 4.47. The summed E-state index contributed by atoms with van der Waals surface area (Å²) in [6, 6.07) is 0.290. The predicted octanol–water partition coefficient (Wildman–Crippen LogP) is 1.92. The molecule has 1 aliphatic heterocycles. The van der Waals surface area contributed by atoms with Crippen LogP contribution in [0.5, 0.6) is 0 Å². The second-order valence-corrected chi connectivity index (χ2v) is 6.00. The Bertz CT molecular complexity index is 231. The third-order valence-electron chi connectivity index (χ3n) is 2.77. The van der Waals surface area contributed by atoms with Crippen molar-refractivity contribution in [2.45, 2.75) is 36.7 Å². The van der Waals surface area contributed by atoms with Crippen LogP contribution in [0.3, 0.4) is 0 Å². The van der Waals surface area contributed by atoms with Crippen LogP contribution in [0.1, 0.15) is 19.8 Å². The molecule has 0 aromatic rings. The number of nitrogens with one attached hydrogen (secondary N) is 1. The molecule has 1 saturated heterocycles. The van der Waals surface area contributed by atoms with E-state index in [0.29, 0.717) is 6.54 Å². The first kappa shape index (κ1) is 14.1. The molecule has 0 amide bonds. The maximum atomic E-state index is 12.1. The molecule has 0 aromatic heterocycles. The maximum absolute atomic E-state index is 12.1. The highest BCUT2D eigenvalue weighted by molar-refractivity contribution is 7.81. The minimum Gasteiger partial charge on any atom is -0.313 e. The van der Waals surface area contributed by atoms with Gasteiger partial charge in [-0.3, -0.25) is 4.90 Å². The van der Waals surface area contributed by atoms with Gasteiger partial charge in [0.15, 0.2) is 0 Å². The van der Waals surface area contributed by atoms with Crippen molar-refractivity contribution in [3.05, 3.63) is 0 Å². The van der Waals surface area contributed by atoms with E-state index in [9.17, 15) is 13.2 Å². The van der Waals surface area contributed by atoms with Gasteiger partial charge in [-0.15, -0.1) is 0 Å². The minimum absolute atomic E-state index is 0.0206. The Hall–Kier alpha value is 0.0600. The van der Waals surface area contributed by atoms with Crippen molar-refractivity contribution in [1.29, 1.82) is 0 Å². The monoisotopic (exact) mass is 256 g/mol. The molecule has 0 bridgehead atoms. The summed E-state index contributed by atoms with van der Waals surface area (Å²) in [6.07, 6.45) is -2.45. The Morgan fingerprint density at radius 2 is 2.12 bits per heavy atom. The lowest BCUT2D eigenvalue weighted by Crippen LogP contribution is -2.34. The van der Waals surface area contributed by atoms with Gasteiger partial charge in [-0.25, -0.2) is 0 Å². The topological polar surface area (TPSA) is 15.3 Å². The van der Waals surface area contributed by atoms with Gasteiger partial charge in [-0.1, -0.05) is 0 Å². The summed E-state index contributed by atoms with van der Waals surface area (Å²) in [5, 5.41) is 3.28. The first-order chi connectivity index (χ1) is 7.18. The Morgan fingerprint density at radius 3 is 2.56 bits per heavy atom. The number of hydrogen-bond acceptors (Lipinski definition) is 3. The lowest BCUT2D eigenvalue weighted by molar-refractivity contribution is -0.143. The SMILES string of the molecule is CN(CCC1CC(C)(S)CN1)CC(F)(F)F. The van der Waals surface area contributed by atoms with Crippen LogP contribution in [0.25, 0.3) is 0 Å². The molecule has 0 radical (unpaired) electrons. The second kappa shape index (κ2) is 5.14. The van der Waals surface area contributed by atoms with Gasteiger partial charge in [0.2, 0.25) is 0 Å². The fourth-order valence-electron chi connectivity index (χ4n) is 2.00. The quantitative estimate of drug-likeness (QED) is 0.747. The standard InChI is InChI=1S/C10H19F3N2S/c1-9(16)5-8(14-6-9)3-4-15(2)7-10(11,12)13/h8,14,16H,3-7H2,1-2H3. The average molecular weight is 256 g/mol. The van der Waals surface area contributed by atoms with E-state index in [4.69, 9.17) is 0 Å². The van der Waals surface area contributed by atoms with E-state index in [1.165, 1.54) is 11.9 Å². The van der Waals surface area contributed by atoms with E-state index >= 15 is 0 Å². The van der Waals surface area contributed by atoms with Crippen molar-refractivity contribution < 1.29 is 13.2 Å². The first-order valence-electron chi connectivity index (χ1n) is 5.39. The van der Waals surface area contributed by atoms with Gasteiger partial charge in [0, 0.05) is 17.3 Å². The molecule has 1 fully saturated rings. The summed E-state index contributed by atoms with van der Waals surface area (Å²) in [6.45, 7) is 2.49. The number of rotatable bonds is 4. The molecule has 2 atom stereocenters. The van der Waals surface area contributed by atoms with Crippen molar-refractivity contribution in [3.8, 4) is 0 Å². The first-order valence-corrected chi connectivity index (χ1v) is 5.84. The van der Waals surface area contributed by atoms with Crippen LogP contribution in [0.4, 0.5) is 13.2 Å². The molecule has 0 aliphatic carbocycles. The van der Waals surface area contributed by atoms with Gasteiger partial charge in [0.1, 0.15) is 0 Å². The molecule has 0 saturated carbocycles. The Labute approximate surface area is 100.0 Å². The van der Waals surface area contributed by atoms with Crippen molar-refractivity contribution in [1.82, 2.24) is 10.2 Å². The van der Waals surface area contributed by atoms with Crippen molar-refractivity contribution >= 4 is 12.6 Å². The van der Waals surface area contributed by atoms with Crippen molar-refractivity contribution in [2.75, 3.05) is 26.7 Å². The predicted molar refractivity (Wildman–Crippen MR) is 62.0 cm³/mol. The van der Waals surface area contributed by atoms with Gasteiger partial charge in [0.25, 0.3) is 0 Å². The van der Waals surface area contributed by atoms with Crippen LogP contribution in [0, 0.1) is 0 Å². The smallest absolute Gasteiger partial charge is 0.313 e. The Kier molecular flexibility index (Phi) is 4.54. The zero-order chi connectivity index (χ0) is 12.4. The van der Waals surface area contributed by atoms with Crippen LogP contribution >= 0.6 is 12.6 Å². The summed E-state index contributed by atoms with van der Waals surface area (Å²) in [5.41, 5.74) is 0. The van der Waals surface area contributed by atoms with Crippen LogP contribution in [0.2, 0.25) is 0 Å². The highest BCUT2D eigenvalue weighted by Gasteiger charge is 2.32. The lowest BCUT2D eigenvalue weighted by Gasteiger charge is -2.21. The second-order valence-electron chi connectivity index (χ2n) is 4.92. The van der Waals surface area contributed by atoms with Gasteiger partial charge in [-0.2, -0.15) is 25.8 Å². The summed E-state index contributed by atoms with van der Waals surface area (Å²) in [4.78, 5) is 1.32.